The number of aromatic nitrogens is 3. The van der Waals surface area contributed by atoms with Gasteiger partial charge in [0.05, 0.1) is 17.0 Å². The van der Waals surface area contributed by atoms with E-state index in [4.69, 9.17) is 0 Å². The zero-order valence-corrected chi connectivity index (χ0v) is 13.8. The summed E-state index contributed by atoms with van der Waals surface area (Å²) in [7, 11) is 0. The average Bonchev–Trinajstić information content (AvgIpc) is 2.96. The van der Waals surface area contributed by atoms with Crippen molar-refractivity contribution in [3.8, 4) is 0 Å². The van der Waals surface area contributed by atoms with Crippen molar-refractivity contribution in [2.75, 3.05) is 0 Å². The van der Waals surface area contributed by atoms with Crippen LogP contribution in [0.3, 0.4) is 0 Å². The number of halogens is 1. The number of carbonyl (C=O) groups is 1. The van der Waals surface area contributed by atoms with Gasteiger partial charge in [-0.25, -0.2) is 0 Å². The number of fused-ring (bicyclic) bond motifs is 1. The molecule has 0 radical (unpaired) electrons. The van der Waals surface area contributed by atoms with E-state index in [0.717, 1.165) is 0 Å². The summed E-state index contributed by atoms with van der Waals surface area (Å²) in [6.45, 7) is 0.169. The van der Waals surface area contributed by atoms with E-state index in [1.807, 2.05) is 40.8 Å². The predicted octanol–water partition coefficient (Wildman–Crippen LogP) is 2.17. The molecule has 0 unspecified atom stereocenters. The van der Waals surface area contributed by atoms with Crippen molar-refractivity contribution in [2.45, 2.75) is 6.54 Å². The summed E-state index contributed by atoms with van der Waals surface area (Å²) in [4.78, 5) is 22.6. The van der Waals surface area contributed by atoms with Gasteiger partial charge in [0.2, 0.25) is 0 Å². The van der Waals surface area contributed by atoms with Crippen LogP contribution in [0.15, 0.2) is 42.6 Å². The SMILES string of the molecule is O=C(NCc1nnc2ccccn12)c1cc([N+](=O)[O-])ccc1I. The van der Waals surface area contributed by atoms with E-state index in [2.05, 4.69) is 15.5 Å². The van der Waals surface area contributed by atoms with Crippen molar-refractivity contribution in [3.63, 3.8) is 0 Å². The van der Waals surface area contributed by atoms with Gasteiger partial charge in [0, 0.05) is 21.9 Å². The van der Waals surface area contributed by atoms with Gasteiger partial charge in [0.25, 0.3) is 11.6 Å². The van der Waals surface area contributed by atoms with E-state index < -0.39 is 10.8 Å². The largest absolute Gasteiger partial charge is 0.345 e. The number of non-ortho nitro benzene ring substituents is 1. The number of rotatable bonds is 4. The van der Waals surface area contributed by atoms with E-state index in [1.54, 1.807) is 16.7 Å². The topological polar surface area (TPSA) is 102 Å². The molecule has 0 atom stereocenters. The minimum Gasteiger partial charge on any atom is -0.345 e. The van der Waals surface area contributed by atoms with E-state index >= 15 is 0 Å². The highest BCUT2D eigenvalue weighted by atomic mass is 127. The molecule has 0 aliphatic heterocycles. The lowest BCUT2D eigenvalue weighted by Gasteiger charge is -2.06. The fourth-order valence-electron chi connectivity index (χ4n) is 2.07. The Morgan fingerprint density at radius 2 is 2.13 bits per heavy atom. The monoisotopic (exact) mass is 423 g/mol. The molecule has 0 spiro atoms. The normalized spacial score (nSPS) is 10.7. The maximum Gasteiger partial charge on any atom is 0.270 e. The van der Waals surface area contributed by atoms with Crippen molar-refractivity contribution >= 4 is 39.8 Å². The molecule has 3 aromatic rings. The number of carbonyl (C=O) groups excluding carboxylic acids is 1. The molecular formula is C14H10IN5O3. The van der Waals surface area contributed by atoms with Crippen LogP contribution in [0.4, 0.5) is 5.69 Å². The van der Waals surface area contributed by atoms with Crippen LogP contribution < -0.4 is 5.32 Å². The summed E-state index contributed by atoms with van der Waals surface area (Å²) >= 11 is 1.97. The van der Waals surface area contributed by atoms with E-state index in [-0.39, 0.29) is 17.8 Å². The summed E-state index contributed by atoms with van der Waals surface area (Å²) in [6.07, 6.45) is 1.80. The first-order valence-electron chi connectivity index (χ1n) is 6.57. The molecule has 1 amide bonds. The van der Waals surface area contributed by atoms with Crippen LogP contribution in [0.1, 0.15) is 16.2 Å². The van der Waals surface area contributed by atoms with Gasteiger partial charge < -0.3 is 5.32 Å². The molecule has 0 fully saturated rings. The maximum absolute atomic E-state index is 12.3. The molecule has 3 rings (SSSR count). The van der Waals surface area contributed by atoms with Crippen molar-refractivity contribution in [1.29, 1.82) is 0 Å². The van der Waals surface area contributed by atoms with Crippen molar-refractivity contribution in [1.82, 2.24) is 19.9 Å². The van der Waals surface area contributed by atoms with Gasteiger partial charge in [0.15, 0.2) is 11.5 Å². The van der Waals surface area contributed by atoms with Crippen LogP contribution in [0.25, 0.3) is 5.65 Å². The molecule has 2 aromatic heterocycles. The third-order valence-electron chi connectivity index (χ3n) is 3.20. The molecule has 23 heavy (non-hydrogen) atoms. The Bertz CT molecular complexity index is 908. The number of nitrogens with one attached hydrogen (secondary N) is 1. The fraction of sp³-hybridized carbons (Fsp3) is 0.0714. The Kier molecular flexibility index (Phi) is 4.19. The van der Waals surface area contributed by atoms with Crippen LogP contribution in [-0.4, -0.2) is 25.4 Å². The number of benzene rings is 1. The number of nitro benzene ring substituents is 1. The first-order valence-corrected chi connectivity index (χ1v) is 7.65. The van der Waals surface area contributed by atoms with Gasteiger partial charge in [-0.1, -0.05) is 6.07 Å². The second kappa shape index (κ2) is 6.28. The fourth-order valence-corrected chi connectivity index (χ4v) is 2.65. The maximum atomic E-state index is 12.3. The number of hydrogen-bond donors (Lipinski definition) is 1. The third kappa shape index (κ3) is 3.13. The van der Waals surface area contributed by atoms with Gasteiger partial charge in [-0.2, -0.15) is 0 Å². The van der Waals surface area contributed by atoms with E-state index in [9.17, 15) is 14.9 Å². The first-order chi connectivity index (χ1) is 11.1. The lowest BCUT2D eigenvalue weighted by molar-refractivity contribution is -0.384. The van der Waals surface area contributed by atoms with Crippen LogP contribution in [-0.2, 0) is 6.54 Å². The van der Waals surface area contributed by atoms with Crippen molar-refractivity contribution in [3.05, 3.63) is 67.7 Å². The number of pyridine rings is 1. The van der Waals surface area contributed by atoms with Crippen LogP contribution in [0.2, 0.25) is 0 Å². The minimum absolute atomic E-state index is 0.122. The van der Waals surface area contributed by atoms with Crippen LogP contribution >= 0.6 is 22.6 Å². The number of amides is 1. The molecule has 116 valence electrons. The van der Waals surface area contributed by atoms with Crippen molar-refractivity contribution < 1.29 is 9.72 Å². The summed E-state index contributed by atoms with van der Waals surface area (Å²) in [5, 5.41) is 21.6. The molecule has 9 heteroatoms. The second-order valence-electron chi connectivity index (χ2n) is 4.65. The molecule has 0 saturated heterocycles. The number of nitrogens with zero attached hydrogens (tertiary/aromatic N) is 4. The first kappa shape index (κ1) is 15.3. The molecule has 2 heterocycles. The zero-order chi connectivity index (χ0) is 16.4. The third-order valence-corrected chi connectivity index (χ3v) is 4.14. The van der Waals surface area contributed by atoms with Gasteiger partial charge >= 0.3 is 0 Å². The predicted molar refractivity (Wildman–Crippen MR) is 90.0 cm³/mol. The Morgan fingerprint density at radius 1 is 1.30 bits per heavy atom. The Labute approximate surface area is 143 Å². The van der Waals surface area contributed by atoms with Gasteiger partial charge in [0.1, 0.15) is 0 Å². The second-order valence-corrected chi connectivity index (χ2v) is 5.81. The summed E-state index contributed by atoms with van der Waals surface area (Å²) < 4.78 is 2.40. The average molecular weight is 423 g/mol. The van der Waals surface area contributed by atoms with Gasteiger partial charge in [-0.15, -0.1) is 10.2 Å². The van der Waals surface area contributed by atoms with Crippen LogP contribution in [0, 0.1) is 13.7 Å². The molecule has 8 nitrogen and oxygen atoms in total. The van der Waals surface area contributed by atoms with Gasteiger partial charge in [-0.3, -0.25) is 19.3 Å². The molecule has 0 aliphatic rings. The van der Waals surface area contributed by atoms with Crippen LogP contribution in [0.5, 0.6) is 0 Å². The molecular weight excluding hydrogens is 413 g/mol. The molecule has 0 saturated carbocycles. The summed E-state index contributed by atoms with van der Waals surface area (Å²) in [5.41, 5.74) is 0.818. The highest BCUT2D eigenvalue weighted by Gasteiger charge is 2.16. The standard InChI is InChI=1S/C14H10IN5O3/c15-11-5-4-9(20(22)23)7-10(11)14(21)16-8-13-18-17-12-3-1-2-6-19(12)13/h1-7H,8H2,(H,16,21). The Morgan fingerprint density at radius 3 is 2.91 bits per heavy atom. The zero-order valence-electron chi connectivity index (χ0n) is 11.6. The smallest absolute Gasteiger partial charge is 0.270 e. The Hall–Kier alpha value is -2.56. The highest BCUT2D eigenvalue weighted by Crippen LogP contribution is 2.19. The molecule has 1 N–H and O–H groups in total. The van der Waals surface area contributed by atoms with Crippen molar-refractivity contribution in [2.24, 2.45) is 0 Å². The summed E-state index contributed by atoms with van der Waals surface area (Å²) in [6, 6.07) is 9.66. The molecule has 0 bridgehead atoms. The highest BCUT2D eigenvalue weighted by molar-refractivity contribution is 14.1. The minimum atomic E-state index is -0.529. The lowest BCUT2D eigenvalue weighted by atomic mass is 10.2. The summed E-state index contributed by atoms with van der Waals surface area (Å²) in [5.74, 6) is 0.181. The lowest BCUT2D eigenvalue weighted by Crippen LogP contribution is -2.25. The quantitative estimate of drug-likeness (QED) is 0.394. The molecule has 1 aromatic carbocycles. The number of nitro groups is 1. The van der Waals surface area contributed by atoms with E-state index in [0.29, 0.717) is 15.0 Å². The van der Waals surface area contributed by atoms with E-state index in [1.165, 1.54) is 12.1 Å². The van der Waals surface area contributed by atoms with Gasteiger partial charge in [-0.05, 0) is 40.8 Å². The number of hydrogen-bond acceptors (Lipinski definition) is 5. The Balaban J connectivity index is 1.80. The molecule has 0 aliphatic carbocycles.